The van der Waals surface area contributed by atoms with Crippen LogP contribution < -0.4 is 0 Å². The normalized spacial score (nSPS) is 18.9. The molecule has 2 aromatic carbocycles. The molecule has 3 rings (SSSR count). The summed E-state index contributed by atoms with van der Waals surface area (Å²) in [5.74, 6) is -0.714. The molecule has 2 aromatic rings. The fourth-order valence-corrected chi connectivity index (χ4v) is 4.85. The van der Waals surface area contributed by atoms with Crippen LogP contribution in [0.4, 0.5) is 0 Å². The third-order valence-electron chi connectivity index (χ3n) is 5.17. The number of hydrogen-bond acceptors (Lipinski definition) is 8. The molecule has 0 saturated carbocycles. The third-order valence-corrected chi connectivity index (χ3v) is 8.40. The largest absolute Gasteiger partial charge is 0.597 e. The van der Waals surface area contributed by atoms with Crippen LogP contribution in [-0.4, -0.2) is 61.8 Å². The molecule has 10 heteroatoms. The van der Waals surface area contributed by atoms with E-state index >= 15 is 0 Å². The maximum Gasteiger partial charge on any atom is 0.337 e. The van der Waals surface area contributed by atoms with E-state index in [0.29, 0.717) is 11.1 Å². The first-order valence-corrected chi connectivity index (χ1v) is 13.9. The molecule has 4 atom stereocenters. The number of hydrogen-bond donors (Lipinski definition) is 0. The lowest BCUT2D eigenvalue weighted by Gasteiger charge is -2.24. The van der Waals surface area contributed by atoms with Crippen molar-refractivity contribution in [3.05, 3.63) is 70.8 Å². The van der Waals surface area contributed by atoms with Crippen molar-refractivity contribution < 1.29 is 28.2 Å². The lowest BCUT2D eigenvalue weighted by molar-refractivity contribution is 0.0592. The summed E-state index contributed by atoms with van der Waals surface area (Å²) < 4.78 is 38.5. The highest BCUT2D eigenvalue weighted by Crippen LogP contribution is 2.41. The first-order valence-electron chi connectivity index (χ1n) is 11.7. The van der Waals surface area contributed by atoms with Crippen LogP contribution in [0.15, 0.2) is 52.9 Å². The van der Waals surface area contributed by atoms with E-state index in [1.807, 2.05) is 58.0 Å². The van der Waals surface area contributed by atoms with Gasteiger partial charge in [-0.05, 0) is 76.9 Å². The van der Waals surface area contributed by atoms with Gasteiger partial charge in [-0.25, -0.2) is 9.59 Å². The van der Waals surface area contributed by atoms with Crippen molar-refractivity contribution in [3.8, 4) is 0 Å². The van der Waals surface area contributed by atoms with Gasteiger partial charge in [0.1, 0.15) is 20.9 Å². The average molecular weight is 549 g/mol. The van der Waals surface area contributed by atoms with Crippen LogP contribution in [0.1, 0.15) is 79.4 Å². The fourth-order valence-electron chi connectivity index (χ4n) is 2.98. The Balaban J connectivity index is 0.000000261. The van der Waals surface area contributed by atoms with E-state index < -0.39 is 22.7 Å². The first-order chi connectivity index (χ1) is 17.2. The summed E-state index contributed by atoms with van der Waals surface area (Å²) in [6.07, 6.45) is 1.54. The molecule has 0 aromatic heterocycles. The Labute approximate surface area is 226 Å². The topological polar surface area (TPSA) is 114 Å². The van der Waals surface area contributed by atoms with Gasteiger partial charge in [0, 0.05) is 11.4 Å². The van der Waals surface area contributed by atoms with Gasteiger partial charge < -0.3 is 18.6 Å². The molecule has 8 nitrogen and oxygen atoms in total. The van der Waals surface area contributed by atoms with Crippen LogP contribution in [0.25, 0.3) is 0 Å². The molecule has 0 spiro atoms. The number of nitrogens with zero attached hydrogens (tertiary/aromatic N) is 2. The highest BCUT2D eigenvalue weighted by molar-refractivity contribution is 7.91. The highest BCUT2D eigenvalue weighted by Gasteiger charge is 2.49. The van der Waals surface area contributed by atoms with Crippen LogP contribution in [0.2, 0.25) is 0 Å². The second-order valence-electron chi connectivity index (χ2n) is 10.3. The molecule has 1 saturated heterocycles. The molecule has 1 aliphatic rings. The van der Waals surface area contributed by atoms with Gasteiger partial charge in [0.05, 0.1) is 44.1 Å². The SMILES string of the molecule is COC(=O)c1ccc(/C=N/[S+]([O-])C(C)(C)C)cc1.COC(=O)c1ccc([C@H]2CN2[S+]([O-])C(C)(C)C)cc1. The third kappa shape index (κ3) is 9.15. The van der Waals surface area contributed by atoms with Crippen molar-refractivity contribution in [2.75, 3.05) is 20.8 Å². The summed E-state index contributed by atoms with van der Waals surface area (Å²) in [7, 11) is 2.70. The molecular formula is C27H36N2O6S2. The van der Waals surface area contributed by atoms with Crippen molar-refractivity contribution in [2.45, 2.75) is 57.1 Å². The number of carbonyl (C=O) groups is 2. The summed E-state index contributed by atoms with van der Waals surface area (Å²) in [6, 6.07) is 14.3. The highest BCUT2D eigenvalue weighted by atomic mass is 32.2. The fraction of sp³-hybridized carbons (Fsp3) is 0.444. The summed E-state index contributed by atoms with van der Waals surface area (Å²) in [6.45, 7) is 12.3. The molecule has 202 valence electrons. The predicted molar refractivity (Wildman–Crippen MR) is 148 cm³/mol. The number of methoxy groups -OCH3 is 2. The lowest BCUT2D eigenvalue weighted by atomic mass is 10.1. The second-order valence-corrected chi connectivity index (χ2v) is 14.4. The molecular weight excluding hydrogens is 512 g/mol. The molecule has 1 fully saturated rings. The standard InChI is InChI=1S/C14H19NO3S.C13H17NO3S/c1-14(2,3)19(17)15-9-12(15)10-5-7-11(8-6-10)13(16)18-4;1-13(2,3)18(16)14-9-10-5-7-11(8-6-10)12(15)17-4/h5-8,12H,9H2,1-4H3;5-9H,1-4H3/b;14-9+/t12-,15?,19?;/m1./s1. The molecule has 0 bridgehead atoms. The van der Waals surface area contributed by atoms with Gasteiger partial charge in [-0.2, -0.15) is 0 Å². The Bertz CT molecular complexity index is 1080. The Kier molecular flexibility index (Phi) is 10.8. The van der Waals surface area contributed by atoms with Gasteiger partial charge in [0.15, 0.2) is 0 Å². The second kappa shape index (κ2) is 12.9. The summed E-state index contributed by atoms with van der Waals surface area (Å²) >= 11 is -2.26. The van der Waals surface area contributed by atoms with E-state index in [4.69, 9.17) is 0 Å². The predicted octanol–water partition coefficient (Wildman–Crippen LogP) is 4.65. The smallest absolute Gasteiger partial charge is 0.337 e. The van der Waals surface area contributed by atoms with Crippen LogP contribution >= 0.6 is 0 Å². The number of rotatable bonds is 6. The van der Waals surface area contributed by atoms with Gasteiger partial charge in [-0.15, -0.1) is 4.31 Å². The maximum atomic E-state index is 12.2. The monoisotopic (exact) mass is 548 g/mol. The quantitative estimate of drug-likeness (QED) is 0.223. The first kappa shape index (κ1) is 30.9. The number of esters is 2. The minimum atomic E-state index is -1.28. The minimum absolute atomic E-state index is 0.201. The van der Waals surface area contributed by atoms with E-state index in [-0.39, 0.29) is 27.5 Å². The number of benzene rings is 2. The Morgan fingerprint density at radius 3 is 1.73 bits per heavy atom. The average Bonchev–Trinajstić information content (AvgIpc) is 3.66. The zero-order chi connectivity index (χ0) is 28.0. The Hall–Kier alpha value is -2.37. The summed E-state index contributed by atoms with van der Waals surface area (Å²) in [5, 5.41) is 0. The van der Waals surface area contributed by atoms with Gasteiger partial charge in [0.2, 0.25) is 0 Å². The van der Waals surface area contributed by atoms with Gasteiger partial charge in [-0.3, -0.25) is 0 Å². The van der Waals surface area contributed by atoms with Crippen LogP contribution in [0.3, 0.4) is 0 Å². The van der Waals surface area contributed by atoms with Crippen molar-refractivity contribution in [1.82, 2.24) is 4.31 Å². The number of carbonyl (C=O) groups excluding carboxylic acids is 2. The van der Waals surface area contributed by atoms with E-state index in [2.05, 4.69) is 13.9 Å². The molecule has 1 heterocycles. The zero-order valence-corrected chi connectivity index (χ0v) is 24.3. The van der Waals surface area contributed by atoms with Crippen molar-refractivity contribution in [3.63, 3.8) is 0 Å². The molecule has 37 heavy (non-hydrogen) atoms. The van der Waals surface area contributed by atoms with Crippen LogP contribution in [-0.2, 0) is 32.2 Å². The lowest BCUT2D eigenvalue weighted by Crippen LogP contribution is -2.33. The zero-order valence-electron chi connectivity index (χ0n) is 22.6. The van der Waals surface area contributed by atoms with Crippen LogP contribution in [0.5, 0.6) is 0 Å². The van der Waals surface area contributed by atoms with Crippen molar-refractivity contribution in [2.24, 2.45) is 4.40 Å². The van der Waals surface area contributed by atoms with E-state index in [1.165, 1.54) is 14.2 Å². The molecule has 0 amide bonds. The molecule has 3 unspecified atom stereocenters. The summed E-state index contributed by atoms with van der Waals surface area (Å²) in [5.41, 5.74) is 2.90. The molecule has 0 aliphatic carbocycles. The van der Waals surface area contributed by atoms with E-state index in [0.717, 1.165) is 17.7 Å². The molecule has 0 N–H and O–H groups in total. The maximum absolute atomic E-state index is 12.2. The Morgan fingerprint density at radius 1 is 0.865 bits per heavy atom. The molecule has 1 aliphatic heterocycles. The van der Waals surface area contributed by atoms with Gasteiger partial charge >= 0.3 is 11.9 Å². The Morgan fingerprint density at radius 2 is 1.32 bits per heavy atom. The molecule has 0 radical (unpaired) electrons. The summed E-state index contributed by atoms with van der Waals surface area (Å²) in [4.78, 5) is 22.6. The van der Waals surface area contributed by atoms with Crippen LogP contribution in [0, 0.1) is 0 Å². The van der Waals surface area contributed by atoms with E-state index in [1.54, 1.807) is 42.6 Å². The van der Waals surface area contributed by atoms with E-state index in [9.17, 15) is 18.7 Å². The van der Waals surface area contributed by atoms with Crippen molar-refractivity contribution >= 4 is 40.9 Å². The minimum Gasteiger partial charge on any atom is -0.597 e. The van der Waals surface area contributed by atoms with Gasteiger partial charge in [-0.1, -0.05) is 28.7 Å². The number of ether oxygens (including phenoxy) is 2. The van der Waals surface area contributed by atoms with Crippen molar-refractivity contribution in [1.29, 1.82) is 0 Å². The van der Waals surface area contributed by atoms with Gasteiger partial charge in [0.25, 0.3) is 0 Å².